The third kappa shape index (κ3) is 3.73. The number of ether oxygens (including phenoxy) is 2. The van der Waals surface area contributed by atoms with Gasteiger partial charge in [-0.3, -0.25) is 0 Å². The van der Waals surface area contributed by atoms with Crippen LogP contribution in [0.25, 0.3) is 0 Å². The number of morpholine rings is 1. The molecule has 5 nitrogen and oxygen atoms in total. The number of rotatable bonds is 6. The van der Waals surface area contributed by atoms with Crippen LogP contribution >= 0.6 is 0 Å². The highest BCUT2D eigenvalue weighted by Gasteiger charge is 2.48. The molecule has 1 aromatic rings. The van der Waals surface area contributed by atoms with Gasteiger partial charge >= 0.3 is 0 Å². The van der Waals surface area contributed by atoms with Crippen molar-refractivity contribution in [3.05, 3.63) is 23.9 Å². The van der Waals surface area contributed by atoms with Crippen molar-refractivity contribution < 1.29 is 9.47 Å². The number of hydrogen-bond acceptors (Lipinski definition) is 5. The molecule has 0 bridgehead atoms. The fourth-order valence-electron chi connectivity index (χ4n) is 3.69. The minimum absolute atomic E-state index is 0.202. The molecule has 0 radical (unpaired) electrons. The van der Waals surface area contributed by atoms with Gasteiger partial charge in [0.2, 0.25) is 0 Å². The zero-order valence-electron chi connectivity index (χ0n) is 15.4. The number of nitrogens with zero attached hydrogens (tertiary/aromatic N) is 2. The average molecular weight is 333 g/mol. The summed E-state index contributed by atoms with van der Waals surface area (Å²) in [6, 6.07) is 4.82. The van der Waals surface area contributed by atoms with E-state index in [1.54, 1.807) is 0 Å². The number of nitrogens with one attached hydrogen (secondary N) is 1. The molecule has 1 saturated heterocycles. The lowest BCUT2D eigenvalue weighted by atomic mass is 9.64. The molecule has 2 fully saturated rings. The van der Waals surface area contributed by atoms with Gasteiger partial charge < -0.3 is 19.7 Å². The minimum atomic E-state index is 0.202. The third-order valence-electron chi connectivity index (χ3n) is 5.47. The summed E-state index contributed by atoms with van der Waals surface area (Å²) in [5.41, 5.74) is 1.43. The maximum absolute atomic E-state index is 5.80. The normalized spacial score (nSPS) is 29.3. The molecule has 134 valence electrons. The second-order valence-electron chi connectivity index (χ2n) is 7.59. The van der Waals surface area contributed by atoms with Crippen LogP contribution in [-0.2, 0) is 16.0 Å². The molecule has 5 heteroatoms. The maximum atomic E-state index is 5.80. The molecule has 24 heavy (non-hydrogen) atoms. The molecule has 3 rings (SSSR count). The highest BCUT2D eigenvalue weighted by atomic mass is 16.5. The zero-order valence-corrected chi connectivity index (χ0v) is 15.4. The van der Waals surface area contributed by atoms with Gasteiger partial charge in [-0.2, -0.15) is 0 Å². The first-order valence-corrected chi connectivity index (χ1v) is 9.17. The second kappa shape index (κ2) is 7.38. The smallest absolute Gasteiger partial charge is 0.128 e. The molecule has 0 amide bonds. The van der Waals surface area contributed by atoms with Crippen molar-refractivity contribution in [3.63, 3.8) is 0 Å². The molecular weight excluding hydrogens is 302 g/mol. The Kier molecular flexibility index (Phi) is 5.42. The van der Waals surface area contributed by atoms with Crippen LogP contribution in [0.2, 0.25) is 0 Å². The van der Waals surface area contributed by atoms with Crippen LogP contribution in [0, 0.1) is 5.41 Å². The number of aromatic nitrogens is 1. The van der Waals surface area contributed by atoms with Crippen LogP contribution in [0.1, 0.15) is 39.7 Å². The van der Waals surface area contributed by atoms with Crippen LogP contribution in [0.5, 0.6) is 0 Å². The van der Waals surface area contributed by atoms with E-state index in [0.29, 0.717) is 12.1 Å². The first-order valence-electron chi connectivity index (χ1n) is 9.17. The average Bonchev–Trinajstić information content (AvgIpc) is 2.58. The molecular formula is C19H31N3O2. The molecule has 3 atom stereocenters. The summed E-state index contributed by atoms with van der Waals surface area (Å²) in [5.74, 6) is 1.05. The van der Waals surface area contributed by atoms with Gasteiger partial charge in [-0.05, 0) is 31.9 Å². The van der Waals surface area contributed by atoms with Crippen molar-refractivity contribution in [2.45, 2.75) is 58.9 Å². The summed E-state index contributed by atoms with van der Waals surface area (Å²) in [7, 11) is 0. The Morgan fingerprint density at radius 2 is 2.25 bits per heavy atom. The van der Waals surface area contributed by atoms with E-state index in [1.807, 2.05) is 6.20 Å². The van der Waals surface area contributed by atoms with Crippen LogP contribution in [-0.4, -0.2) is 49.5 Å². The van der Waals surface area contributed by atoms with Crippen LogP contribution in [0.3, 0.4) is 0 Å². The van der Waals surface area contributed by atoms with Crippen LogP contribution in [0.4, 0.5) is 5.82 Å². The van der Waals surface area contributed by atoms with E-state index in [4.69, 9.17) is 9.47 Å². The quantitative estimate of drug-likeness (QED) is 0.867. The summed E-state index contributed by atoms with van der Waals surface area (Å²) in [6.45, 7) is 13.0. The SMILES string of the molecule is CCO[C@@H]1C[C@@H](NCc2ccc(N3CCO[C@H](C)C3)nc2)C1(C)C. The Hall–Kier alpha value is -1.17. The van der Waals surface area contributed by atoms with Crippen molar-refractivity contribution in [2.75, 3.05) is 31.2 Å². The molecule has 0 spiro atoms. The van der Waals surface area contributed by atoms with Gasteiger partial charge in [0.25, 0.3) is 0 Å². The Bertz CT molecular complexity index is 532. The molecule has 1 saturated carbocycles. The summed E-state index contributed by atoms with van der Waals surface area (Å²) >= 11 is 0. The van der Waals surface area contributed by atoms with Crippen LogP contribution in [0.15, 0.2) is 18.3 Å². The molecule has 1 aliphatic heterocycles. The molecule has 2 aliphatic rings. The largest absolute Gasteiger partial charge is 0.378 e. The topological polar surface area (TPSA) is 46.6 Å². The molecule has 2 heterocycles. The third-order valence-corrected chi connectivity index (χ3v) is 5.47. The standard InChI is InChI=1S/C19H31N3O2/c1-5-23-17-10-16(19(17,3)4)20-11-15-6-7-18(21-12-15)22-8-9-24-14(2)13-22/h6-7,12,14,16-17,20H,5,8-11,13H2,1-4H3/t14-,16-,17-/m1/s1. The lowest BCUT2D eigenvalue weighted by Crippen LogP contribution is -2.60. The fraction of sp³-hybridized carbons (Fsp3) is 0.737. The van der Waals surface area contributed by atoms with E-state index in [9.17, 15) is 0 Å². The maximum Gasteiger partial charge on any atom is 0.128 e. The van der Waals surface area contributed by atoms with Gasteiger partial charge in [0.15, 0.2) is 0 Å². The summed E-state index contributed by atoms with van der Waals surface area (Å²) in [5, 5.41) is 3.67. The number of anilines is 1. The van der Waals surface area contributed by atoms with Crippen molar-refractivity contribution in [1.29, 1.82) is 0 Å². The van der Waals surface area contributed by atoms with Gasteiger partial charge in [-0.15, -0.1) is 0 Å². The van der Waals surface area contributed by atoms with E-state index in [1.165, 1.54) is 5.56 Å². The second-order valence-corrected chi connectivity index (χ2v) is 7.59. The van der Waals surface area contributed by atoms with Crippen molar-refractivity contribution in [2.24, 2.45) is 5.41 Å². The first kappa shape index (κ1) is 17.6. The lowest BCUT2D eigenvalue weighted by molar-refractivity contribution is -0.114. The van der Waals surface area contributed by atoms with Crippen molar-refractivity contribution in [1.82, 2.24) is 10.3 Å². The zero-order chi connectivity index (χ0) is 17.2. The lowest BCUT2D eigenvalue weighted by Gasteiger charge is -2.52. The van der Waals surface area contributed by atoms with E-state index >= 15 is 0 Å². The van der Waals surface area contributed by atoms with E-state index in [-0.39, 0.29) is 11.5 Å². The van der Waals surface area contributed by atoms with E-state index in [0.717, 1.165) is 45.1 Å². The summed E-state index contributed by atoms with van der Waals surface area (Å²) in [6.07, 6.45) is 3.75. The predicted octanol–water partition coefficient (Wildman–Crippen LogP) is 2.60. The fourth-order valence-corrected chi connectivity index (χ4v) is 3.69. The number of pyridine rings is 1. The van der Waals surface area contributed by atoms with Crippen LogP contribution < -0.4 is 10.2 Å². The van der Waals surface area contributed by atoms with Crippen molar-refractivity contribution >= 4 is 5.82 Å². The van der Waals surface area contributed by atoms with Gasteiger partial charge in [0.05, 0.1) is 18.8 Å². The summed E-state index contributed by atoms with van der Waals surface area (Å²) < 4.78 is 11.4. The highest BCUT2D eigenvalue weighted by molar-refractivity contribution is 5.39. The van der Waals surface area contributed by atoms with Crippen molar-refractivity contribution in [3.8, 4) is 0 Å². The number of hydrogen-bond donors (Lipinski definition) is 1. The Morgan fingerprint density at radius 3 is 2.88 bits per heavy atom. The summed E-state index contributed by atoms with van der Waals surface area (Å²) in [4.78, 5) is 6.94. The predicted molar refractivity (Wildman–Crippen MR) is 96.3 cm³/mol. The molecule has 0 unspecified atom stereocenters. The Balaban J connectivity index is 1.50. The molecule has 1 aromatic heterocycles. The Labute approximate surface area is 145 Å². The van der Waals surface area contributed by atoms with E-state index in [2.05, 4.69) is 55.0 Å². The monoisotopic (exact) mass is 333 g/mol. The Morgan fingerprint density at radius 1 is 1.42 bits per heavy atom. The van der Waals surface area contributed by atoms with Gasteiger partial charge in [-0.25, -0.2) is 4.98 Å². The minimum Gasteiger partial charge on any atom is -0.378 e. The van der Waals surface area contributed by atoms with Gasteiger partial charge in [-0.1, -0.05) is 19.9 Å². The highest BCUT2D eigenvalue weighted by Crippen LogP contribution is 2.42. The first-order chi connectivity index (χ1) is 11.5. The molecule has 1 aliphatic carbocycles. The van der Waals surface area contributed by atoms with Gasteiger partial charge in [0, 0.05) is 43.9 Å². The molecule has 0 aromatic carbocycles. The van der Waals surface area contributed by atoms with Gasteiger partial charge in [0.1, 0.15) is 5.82 Å². The van der Waals surface area contributed by atoms with E-state index < -0.39 is 0 Å². The molecule has 1 N–H and O–H groups in total.